The van der Waals surface area contributed by atoms with Gasteiger partial charge in [0.2, 0.25) is 5.91 Å². The lowest BCUT2D eigenvalue weighted by molar-refractivity contribution is -0.123. The van der Waals surface area contributed by atoms with Gasteiger partial charge in [-0.05, 0) is 13.8 Å². The van der Waals surface area contributed by atoms with Gasteiger partial charge < -0.3 is 14.6 Å². The third-order valence-corrected chi connectivity index (χ3v) is 3.49. The zero-order valence-electron chi connectivity index (χ0n) is 11.7. The topological polar surface area (TPSA) is 59.4 Å². The van der Waals surface area contributed by atoms with Crippen LogP contribution in [0.3, 0.4) is 0 Å². The number of aryl methyl sites for hydroxylation is 1. The van der Waals surface area contributed by atoms with Crippen LogP contribution in [0.4, 0.5) is 0 Å². The molecule has 106 valence electrons. The molecule has 1 aliphatic rings. The summed E-state index contributed by atoms with van der Waals surface area (Å²) in [5, 5.41) is 2.94. The maximum absolute atomic E-state index is 11.8. The second-order valence-corrected chi connectivity index (χ2v) is 4.85. The molecule has 6 heteroatoms. The average Bonchev–Trinajstić information content (AvgIpc) is 2.72. The van der Waals surface area contributed by atoms with E-state index >= 15 is 0 Å². The predicted molar refractivity (Wildman–Crippen MR) is 72.0 cm³/mol. The fraction of sp³-hybridized carbons (Fsp3) is 0.692. The number of rotatable bonds is 5. The van der Waals surface area contributed by atoms with Crippen LogP contribution in [0.15, 0.2) is 6.33 Å². The van der Waals surface area contributed by atoms with Crippen molar-refractivity contribution in [3.8, 4) is 0 Å². The smallest absolute Gasteiger partial charge is 0.234 e. The first-order chi connectivity index (χ1) is 9.16. The Morgan fingerprint density at radius 3 is 2.79 bits per heavy atom. The largest absolute Gasteiger partial charge is 0.379 e. The van der Waals surface area contributed by atoms with Crippen LogP contribution in [-0.4, -0.2) is 59.8 Å². The van der Waals surface area contributed by atoms with Gasteiger partial charge in [-0.1, -0.05) is 0 Å². The molecule has 0 bridgehead atoms. The number of aromatic nitrogens is 2. The highest BCUT2D eigenvalue weighted by molar-refractivity contribution is 5.77. The van der Waals surface area contributed by atoms with Crippen molar-refractivity contribution >= 4 is 5.91 Å². The molecule has 0 saturated carbocycles. The van der Waals surface area contributed by atoms with Gasteiger partial charge >= 0.3 is 0 Å². The van der Waals surface area contributed by atoms with Crippen molar-refractivity contribution in [3.63, 3.8) is 0 Å². The summed E-state index contributed by atoms with van der Waals surface area (Å²) in [6.45, 7) is 9.02. The van der Waals surface area contributed by atoms with E-state index in [2.05, 4.69) is 19.8 Å². The van der Waals surface area contributed by atoms with E-state index in [1.165, 1.54) is 0 Å². The fourth-order valence-electron chi connectivity index (χ4n) is 2.10. The van der Waals surface area contributed by atoms with Crippen LogP contribution in [0.1, 0.15) is 11.4 Å². The van der Waals surface area contributed by atoms with E-state index in [9.17, 15) is 4.79 Å². The predicted octanol–water partition coefficient (Wildman–Crippen LogP) is -0.0517. The summed E-state index contributed by atoms with van der Waals surface area (Å²) in [6.07, 6.45) is 1.82. The number of ether oxygens (including phenoxy) is 1. The highest BCUT2D eigenvalue weighted by Crippen LogP contribution is 2.03. The average molecular weight is 266 g/mol. The molecule has 1 aromatic rings. The van der Waals surface area contributed by atoms with Crippen LogP contribution in [-0.2, 0) is 16.1 Å². The Balaban J connectivity index is 1.67. The zero-order chi connectivity index (χ0) is 13.7. The summed E-state index contributed by atoms with van der Waals surface area (Å²) in [6, 6.07) is 0. The van der Waals surface area contributed by atoms with E-state index in [-0.39, 0.29) is 5.91 Å². The lowest BCUT2D eigenvalue weighted by Gasteiger charge is -2.25. The molecule has 19 heavy (non-hydrogen) atoms. The third-order valence-electron chi connectivity index (χ3n) is 3.49. The van der Waals surface area contributed by atoms with Gasteiger partial charge in [0, 0.05) is 31.9 Å². The van der Waals surface area contributed by atoms with Gasteiger partial charge in [-0.3, -0.25) is 9.69 Å². The molecule has 1 amide bonds. The maximum atomic E-state index is 11.8. The second kappa shape index (κ2) is 6.68. The van der Waals surface area contributed by atoms with E-state index in [4.69, 9.17) is 4.74 Å². The van der Waals surface area contributed by atoms with Crippen LogP contribution in [0.2, 0.25) is 0 Å². The molecular weight excluding hydrogens is 244 g/mol. The summed E-state index contributed by atoms with van der Waals surface area (Å²) in [5.41, 5.74) is 2.20. The number of nitrogens with zero attached hydrogens (tertiary/aromatic N) is 3. The first kappa shape index (κ1) is 14.0. The van der Waals surface area contributed by atoms with Gasteiger partial charge in [-0.2, -0.15) is 0 Å². The lowest BCUT2D eigenvalue weighted by atomic mass is 10.4. The Bertz CT molecular complexity index is 424. The van der Waals surface area contributed by atoms with Crippen molar-refractivity contribution in [2.75, 3.05) is 39.4 Å². The molecule has 2 heterocycles. The van der Waals surface area contributed by atoms with Gasteiger partial charge in [-0.25, -0.2) is 4.98 Å². The molecule has 0 spiro atoms. The molecule has 1 saturated heterocycles. The number of morpholine rings is 1. The standard InChI is InChI=1S/C13H22N4O2/c1-11-12(2)17(10-15-11)4-3-14-13(18)9-16-5-7-19-8-6-16/h10H,3-9H2,1-2H3,(H,14,18). The van der Waals surface area contributed by atoms with E-state index in [0.717, 1.165) is 44.2 Å². The first-order valence-electron chi connectivity index (χ1n) is 6.72. The zero-order valence-corrected chi connectivity index (χ0v) is 11.7. The molecule has 6 nitrogen and oxygen atoms in total. The van der Waals surface area contributed by atoms with Crippen LogP contribution in [0.25, 0.3) is 0 Å². The van der Waals surface area contributed by atoms with Crippen molar-refractivity contribution in [2.24, 2.45) is 0 Å². The Labute approximate surface area is 113 Å². The van der Waals surface area contributed by atoms with Gasteiger partial charge in [0.15, 0.2) is 0 Å². The van der Waals surface area contributed by atoms with Crippen LogP contribution in [0.5, 0.6) is 0 Å². The maximum Gasteiger partial charge on any atom is 0.234 e. The molecule has 2 rings (SSSR count). The van der Waals surface area contributed by atoms with Crippen molar-refractivity contribution in [1.82, 2.24) is 19.8 Å². The Hall–Kier alpha value is -1.40. The van der Waals surface area contributed by atoms with E-state index in [1.807, 2.05) is 20.2 Å². The molecule has 0 unspecified atom stereocenters. The van der Waals surface area contributed by atoms with E-state index in [0.29, 0.717) is 13.1 Å². The van der Waals surface area contributed by atoms with Crippen LogP contribution in [0, 0.1) is 13.8 Å². The fourth-order valence-corrected chi connectivity index (χ4v) is 2.10. The highest BCUT2D eigenvalue weighted by atomic mass is 16.5. The van der Waals surface area contributed by atoms with E-state index in [1.54, 1.807) is 0 Å². The Morgan fingerprint density at radius 2 is 2.16 bits per heavy atom. The number of carbonyl (C=O) groups excluding carboxylic acids is 1. The van der Waals surface area contributed by atoms with Crippen LogP contribution < -0.4 is 5.32 Å². The lowest BCUT2D eigenvalue weighted by Crippen LogP contribution is -2.43. The number of imidazole rings is 1. The molecule has 1 aliphatic heterocycles. The van der Waals surface area contributed by atoms with Crippen molar-refractivity contribution in [1.29, 1.82) is 0 Å². The molecule has 1 aromatic heterocycles. The Morgan fingerprint density at radius 1 is 1.42 bits per heavy atom. The third kappa shape index (κ3) is 4.04. The SMILES string of the molecule is Cc1ncn(CCNC(=O)CN2CCOCC2)c1C. The minimum Gasteiger partial charge on any atom is -0.379 e. The minimum atomic E-state index is 0.0800. The molecule has 1 fully saturated rings. The number of hydrogen-bond acceptors (Lipinski definition) is 4. The van der Waals surface area contributed by atoms with Gasteiger partial charge in [0.1, 0.15) is 0 Å². The number of carbonyl (C=O) groups is 1. The first-order valence-corrected chi connectivity index (χ1v) is 6.72. The van der Waals surface area contributed by atoms with Crippen molar-refractivity contribution in [2.45, 2.75) is 20.4 Å². The minimum absolute atomic E-state index is 0.0800. The van der Waals surface area contributed by atoms with Crippen molar-refractivity contribution in [3.05, 3.63) is 17.7 Å². The molecule has 0 radical (unpaired) electrons. The summed E-state index contributed by atoms with van der Waals surface area (Å²) in [7, 11) is 0. The highest BCUT2D eigenvalue weighted by Gasteiger charge is 2.13. The summed E-state index contributed by atoms with van der Waals surface area (Å²) < 4.78 is 7.31. The normalized spacial score (nSPS) is 16.5. The van der Waals surface area contributed by atoms with Gasteiger partial charge in [0.05, 0.1) is 31.8 Å². The summed E-state index contributed by atoms with van der Waals surface area (Å²) in [5.74, 6) is 0.0800. The number of amides is 1. The summed E-state index contributed by atoms with van der Waals surface area (Å²) >= 11 is 0. The van der Waals surface area contributed by atoms with Gasteiger partial charge in [0.25, 0.3) is 0 Å². The molecule has 0 atom stereocenters. The second-order valence-electron chi connectivity index (χ2n) is 4.85. The van der Waals surface area contributed by atoms with Crippen molar-refractivity contribution < 1.29 is 9.53 Å². The van der Waals surface area contributed by atoms with Gasteiger partial charge in [-0.15, -0.1) is 0 Å². The summed E-state index contributed by atoms with van der Waals surface area (Å²) in [4.78, 5) is 18.1. The quantitative estimate of drug-likeness (QED) is 0.811. The number of nitrogens with one attached hydrogen (secondary N) is 1. The van der Waals surface area contributed by atoms with E-state index < -0.39 is 0 Å². The Kier molecular flexibility index (Phi) is 4.93. The molecular formula is C13H22N4O2. The molecule has 1 N–H and O–H groups in total. The van der Waals surface area contributed by atoms with Crippen LogP contribution >= 0.6 is 0 Å². The monoisotopic (exact) mass is 266 g/mol. The number of hydrogen-bond donors (Lipinski definition) is 1. The molecule has 0 aliphatic carbocycles. The molecule has 0 aromatic carbocycles.